The first-order chi connectivity index (χ1) is 11.2. The Bertz CT molecular complexity index is 688. The van der Waals surface area contributed by atoms with E-state index in [0.717, 1.165) is 12.4 Å². The fraction of sp³-hybridized carbons (Fsp3) is 0.353. The molecule has 0 spiro atoms. The number of hydrogen-bond donors (Lipinski definition) is 0. The Hall–Kier alpha value is -2.47. The maximum atomic E-state index is 11.4. The zero-order chi connectivity index (χ0) is 16.2. The molecule has 1 aromatic heterocycles. The van der Waals surface area contributed by atoms with Crippen LogP contribution in [0.1, 0.15) is 27.7 Å². The van der Waals surface area contributed by atoms with Gasteiger partial charge in [-0.1, -0.05) is 24.3 Å². The number of aromatic nitrogens is 2. The normalized spacial score (nSPS) is 17.8. The lowest BCUT2D eigenvalue weighted by atomic mass is 10.0. The van der Waals surface area contributed by atoms with Crippen LogP contribution in [-0.4, -0.2) is 43.0 Å². The number of anilines is 1. The van der Waals surface area contributed by atoms with Crippen molar-refractivity contribution < 1.29 is 14.3 Å². The minimum atomic E-state index is -0.483. The molecule has 1 aromatic carbocycles. The van der Waals surface area contributed by atoms with Crippen molar-refractivity contribution in [2.24, 2.45) is 0 Å². The average molecular weight is 313 g/mol. The van der Waals surface area contributed by atoms with Crippen LogP contribution in [0.2, 0.25) is 0 Å². The third kappa shape index (κ3) is 3.32. The Balaban J connectivity index is 1.76. The second-order valence-electron chi connectivity index (χ2n) is 5.43. The van der Waals surface area contributed by atoms with Crippen LogP contribution >= 0.6 is 0 Å². The van der Waals surface area contributed by atoms with Crippen molar-refractivity contribution in [1.29, 1.82) is 0 Å². The molecule has 0 radical (unpaired) electrons. The maximum absolute atomic E-state index is 11.4. The van der Waals surface area contributed by atoms with Crippen molar-refractivity contribution in [2.45, 2.75) is 13.0 Å². The van der Waals surface area contributed by atoms with E-state index >= 15 is 0 Å². The van der Waals surface area contributed by atoms with Crippen molar-refractivity contribution in [3.8, 4) is 0 Å². The van der Waals surface area contributed by atoms with Gasteiger partial charge in [-0.05, 0) is 30.2 Å². The SMILES string of the molecule is COC(=O)c1ccc(N2CCOC(c3ccccc3C)C2)nn1. The lowest BCUT2D eigenvalue weighted by Crippen LogP contribution is -2.39. The summed E-state index contributed by atoms with van der Waals surface area (Å²) in [6.07, 6.45) is 0.00651. The highest BCUT2D eigenvalue weighted by Gasteiger charge is 2.24. The number of aryl methyl sites for hydroxylation is 1. The highest BCUT2D eigenvalue weighted by Crippen LogP contribution is 2.26. The third-order valence-corrected chi connectivity index (χ3v) is 3.97. The van der Waals surface area contributed by atoms with E-state index in [0.29, 0.717) is 13.2 Å². The molecular formula is C17H19N3O3. The molecule has 1 aliphatic heterocycles. The Morgan fingerprint density at radius 1 is 1.26 bits per heavy atom. The summed E-state index contributed by atoms with van der Waals surface area (Å²) >= 11 is 0. The van der Waals surface area contributed by atoms with Crippen LogP contribution in [0.15, 0.2) is 36.4 Å². The molecule has 2 aromatic rings. The van der Waals surface area contributed by atoms with E-state index in [9.17, 15) is 4.79 Å². The van der Waals surface area contributed by atoms with Gasteiger partial charge in [-0.15, -0.1) is 10.2 Å². The summed E-state index contributed by atoms with van der Waals surface area (Å²) in [5.41, 5.74) is 2.61. The van der Waals surface area contributed by atoms with Crippen LogP contribution in [0.25, 0.3) is 0 Å². The number of methoxy groups -OCH3 is 1. The number of ether oxygens (including phenoxy) is 2. The number of hydrogen-bond acceptors (Lipinski definition) is 6. The lowest BCUT2D eigenvalue weighted by Gasteiger charge is -2.34. The summed E-state index contributed by atoms with van der Waals surface area (Å²) in [6.45, 7) is 4.16. The van der Waals surface area contributed by atoms with E-state index in [4.69, 9.17) is 4.74 Å². The fourth-order valence-corrected chi connectivity index (χ4v) is 2.70. The van der Waals surface area contributed by atoms with Gasteiger partial charge in [0, 0.05) is 13.1 Å². The predicted octanol–water partition coefficient (Wildman–Crippen LogP) is 2.15. The largest absolute Gasteiger partial charge is 0.464 e. The van der Waals surface area contributed by atoms with Crippen molar-refractivity contribution in [2.75, 3.05) is 31.7 Å². The zero-order valence-corrected chi connectivity index (χ0v) is 13.2. The summed E-state index contributed by atoms with van der Waals surface area (Å²) < 4.78 is 10.5. The summed E-state index contributed by atoms with van der Waals surface area (Å²) in [5.74, 6) is 0.253. The Kier molecular flexibility index (Phi) is 4.52. The number of benzene rings is 1. The van der Waals surface area contributed by atoms with Crippen molar-refractivity contribution in [3.05, 3.63) is 53.2 Å². The van der Waals surface area contributed by atoms with Crippen LogP contribution in [-0.2, 0) is 9.47 Å². The van der Waals surface area contributed by atoms with Gasteiger partial charge < -0.3 is 14.4 Å². The molecule has 0 bridgehead atoms. The van der Waals surface area contributed by atoms with E-state index in [1.165, 1.54) is 18.2 Å². The van der Waals surface area contributed by atoms with Gasteiger partial charge in [-0.3, -0.25) is 0 Å². The van der Waals surface area contributed by atoms with E-state index in [2.05, 4.69) is 38.9 Å². The topological polar surface area (TPSA) is 64.5 Å². The highest BCUT2D eigenvalue weighted by atomic mass is 16.5. The van der Waals surface area contributed by atoms with Gasteiger partial charge in [0.1, 0.15) is 6.10 Å². The molecule has 3 rings (SSSR count). The molecule has 6 heteroatoms. The molecule has 6 nitrogen and oxygen atoms in total. The number of carbonyl (C=O) groups excluding carboxylic acids is 1. The molecule has 0 aliphatic carbocycles. The van der Waals surface area contributed by atoms with Gasteiger partial charge in [0.2, 0.25) is 0 Å². The van der Waals surface area contributed by atoms with Crippen LogP contribution in [0.4, 0.5) is 5.82 Å². The van der Waals surface area contributed by atoms with Crippen molar-refractivity contribution >= 4 is 11.8 Å². The van der Waals surface area contributed by atoms with E-state index < -0.39 is 5.97 Å². The summed E-state index contributed by atoms with van der Waals surface area (Å²) in [6, 6.07) is 11.6. The molecule has 2 heterocycles. The first kappa shape index (κ1) is 15.4. The van der Waals surface area contributed by atoms with E-state index in [1.807, 2.05) is 12.1 Å². The Morgan fingerprint density at radius 2 is 2.09 bits per heavy atom. The van der Waals surface area contributed by atoms with E-state index in [-0.39, 0.29) is 11.8 Å². The fourth-order valence-electron chi connectivity index (χ4n) is 2.70. The van der Waals surface area contributed by atoms with Crippen LogP contribution in [0.5, 0.6) is 0 Å². The van der Waals surface area contributed by atoms with E-state index in [1.54, 1.807) is 12.1 Å². The number of esters is 1. The molecule has 0 amide bonds. The first-order valence-electron chi connectivity index (χ1n) is 7.53. The zero-order valence-electron chi connectivity index (χ0n) is 13.2. The summed E-state index contributed by atoms with van der Waals surface area (Å²) in [7, 11) is 1.33. The standard InChI is InChI=1S/C17H19N3O3/c1-12-5-3-4-6-13(12)15-11-20(9-10-23-15)16-8-7-14(18-19-16)17(21)22-2/h3-8,15H,9-11H2,1-2H3. The molecule has 1 unspecified atom stereocenters. The molecular weight excluding hydrogens is 294 g/mol. The Morgan fingerprint density at radius 3 is 2.78 bits per heavy atom. The molecule has 120 valence electrons. The summed E-state index contributed by atoms with van der Waals surface area (Å²) in [5, 5.41) is 8.07. The third-order valence-electron chi connectivity index (χ3n) is 3.97. The number of nitrogens with zero attached hydrogens (tertiary/aromatic N) is 3. The summed E-state index contributed by atoms with van der Waals surface area (Å²) in [4.78, 5) is 13.5. The number of carbonyl (C=O) groups is 1. The maximum Gasteiger partial charge on any atom is 0.358 e. The second kappa shape index (κ2) is 6.75. The molecule has 1 atom stereocenters. The molecule has 1 aliphatic rings. The minimum Gasteiger partial charge on any atom is -0.464 e. The van der Waals surface area contributed by atoms with Crippen LogP contribution in [0, 0.1) is 6.92 Å². The molecule has 0 N–H and O–H groups in total. The smallest absolute Gasteiger partial charge is 0.358 e. The average Bonchev–Trinajstić information content (AvgIpc) is 2.62. The highest BCUT2D eigenvalue weighted by molar-refractivity contribution is 5.86. The van der Waals surface area contributed by atoms with Gasteiger partial charge in [-0.2, -0.15) is 0 Å². The van der Waals surface area contributed by atoms with Gasteiger partial charge in [-0.25, -0.2) is 4.79 Å². The van der Waals surface area contributed by atoms with Gasteiger partial charge in [0.05, 0.1) is 13.7 Å². The van der Waals surface area contributed by atoms with Gasteiger partial charge in [0.15, 0.2) is 11.5 Å². The lowest BCUT2D eigenvalue weighted by molar-refractivity contribution is 0.0390. The van der Waals surface area contributed by atoms with Crippen molar-refractivity contribution in [1.82, 2.24) is 10.2 Å². The van der Waals surface area contributed by atoms with Crippen LogP contribution < -0.4 is 4.90 Å². The Labute approximate surface area is 135 Å². The van der Waals surface area contributed by atoms with Gasteiger partial charge in [0.25, 0.3) is 0 Å². The monoisotopic (exact) mass is 313 g/mol. The predicted molar refractivity (Wildman–Crippen MR) is 85.5 cm³/mol. The second-order valence-corrected chi connectivity index (χ2v) is 5.43. The first-order valence-corrected chi connectivity index (χ1v) is 7.53. The van der Waals surface area contributed by atoms with Gasteiger partial charge >= 0.3 is 5.97 Å². The quantitative estimate of drug-likeness (QED) is 0.809. The van der Waals surface area contributed by atoms with Crippen molar-refractivity contribution in [3.63, 3.8) is 0 Å². The molecule has 23 heavy (non-hydrogen) atoms. The molecule has 1 fully saturated rings. The van der Waals surface area contributed by atoms with Crippen LogP contribution in [0.3, 0.4) is 0 Å². The number of morpholine rings is 1. The minimum absolute atomic E-state index is 0.00651. The molecule has 0 saturated carbocycles. The number of rotatable bonds is 3. The molecule has 1 saturated heterocycles.